The summed E-state index contributed by atoms with van der Waals surface area (Å²) in [6.07, 6.45) is 2.16. The highest BCUT2D eigenvalue weighted by Gasteiger charge is 2.18. The highest BCUT2D eigenvalue weighted by molar-refractivity contribution is 6.24. The summed E-state index contributed by atoms with van der Waals surface area (Å²) >= 11 is 0. The molecule has 0 unspecified atom stereocenters. The number of imidazole rings is 1. The van der Waals surface area contributed by atoms with Gasteiger partial charge in [-0.05, 0) is 103 Å². The zero-order valence-corrected chi connectivity index (χ0v) is 35.4. The van der Waals surface area contributed by atoms with Crippen molar-refractivity contribution >= 4 is 81.7 Å². The van der Waals surface area contributed by atoms with E-state index in [1.807, 2.05) is 12.1 Å². The SMILES string of the molecule is c1ccc2cc(-c3nc(-c4ccc(-c5ccc6c(c5)c5ccccc5c5nc7cc(-c8ccc9oc%10ccccc%10c9c8)ccn7c65)cc4)nc(-c4ccc5ccccc5c4)n3)ccc2c1. The summed E-state index contributed by atoms with van der Waals surface area (Å²) < 4.78 is 8.36. The molecule has 4 heterocycles. The Hall–Kier alpha value is -9.00. The fourth-order valence-corrected chi connectivity index (χ4v) is 9.88. The van der Waals surface area contributed by atoms with Crippen molar-refractivity contribution in [3.63, 3.8) is 0 Å². The molecule has 14 rings (SSSR count). The fourth-order valence-electron chi connectivity index (χ4n) is 9.88. The molecule has 0 N–H and O–H groups in total. The molecule has 0 bridgehead atoms. The Labute approximate surface area is 377 Å². The third-order valence-corrected chi connectivity index (χ3v) is 13.2. The number of hydrogen-bond donors (Lipinski definition) is 0. The lowest BCUT2D eigenvalue weighted by Crippen LogP contribution is -2.00. The molecule has 0 atom stereocenters. The first-order valence-corrected chi connectivity index (χ1v) is 22.2. The highest BCUT2D eigenvalue weighted by atomic mass is 16.3. The molecule has 0 aliphatic heterocycles. The normalized spacial score (nSPS) is 11.9. The molecular formula is C60H35N5O. The van der Waals surface area contributed by atoms with Gasteiger partial charge in [-0.3, -0.25) is 4.40 Å². The maximum absolute atomic E-state index is 6.13. The van der Waals surface area contributed by atoms with Crippen LogP contribution in [0.2, 0.25) is 0 Å². The van der Waals surface area contributed by atoms with Gasteiger partial charge in [0.25, 0.3) is 0 Å². The molecule has 0 saturated carbocycles. The molecule has 0 aliphatic carbocycles. The van der Waals surface area contributed by atoms with Gasteiger partial charge >= 0.3 is 0 Å². The average molecular weight is 842 g/mol. The van der Waals surface area contributed by atoms with Crippen LogP contribution in [0.25, 0.3) is 138 Å². The third kappa shape index (κ3) is 5.82. The van der Waals surface area contributed by atoms with Gasteiger partial charge in [0.15, 0.2) is 17.5 Å². The number of benzene rings is 10. The largest absolute Gasteiger partial charge is 0.456 e. The first-order valence-electron chi connectivity index (χ1n) is 22.2. The minimum absolute atomic E-state index is 0.626. The number of para-hydroxylation sites is 1. The fraction of sp³-hybridized carbons (Fsp3) is 0. The number of rotatable bonds is 5. The van der Waals surface area contributed by atoms with Crippen LogP contribution in [0.3, 0.4) is 0 Å². The van der Waals surface area contributed by atoms with Crippen LogP contribution in [0.4, 0.5) is 0 Å². The van der Waals surface area contributed by atoms with Crippen LogP contribution in [0.1, 0.15) is 0 Å². The number of aromatic nitrogens is 5. The molecule has 0 amide bonds. The van der Waals surface area contributed by atoms with E-state index in [-0.39, 0.29) is 0 Å². The van der Waals surface area contributed by atoms with Crippen LogP contribution >= 0.6 is 0 Å². The van der Waals surface area contributed by atoms with E-state index in [1.165, 1.54) is 21.5 Å². The standard InChI is InChI=1S/C60H35N5O/c1-3-11-40-31-45(23-19-36(40)9-1)59-62-58(63-60(64-59)46-24-20-37-10-2-4-12-41(37)32-46)39-21-17-38(18-22-39)42-25-27-50-51(33-42)47-13-5-6-15-49(47)56-57(50)65-30-29-44(35-55(65)61-56)43-26-28-54-52(34-43)48-14-7-8-16-53(48)66-54/h1-35H. The Bertz CT molecular complexity index is 4200. The van der Waals surface area contributed by atoms with Crippen molar-refractivity contribution < 1.29 is 4.42 Å². The number of nitrogens with zero attached hydrogens (tertiary/aromatic N) is 5. The second-order valence-corrected chi connectivity index (χ2v) is 17.1. The molecule has 0 spiro atoms. The molecule has 14 aromatic rings. The van der Waals surface area contributed by atoms with Crippen LogP contribution in [-0.2, 0) is 0 Å². The Balaban J connectivity index is 0.861. The van der Waals surface area contributed by atoms with Crippen molar-refractivity contribution in [3.05, 3.63) is 212 Å². The highest BCUT2D eigenvalue weighted by Crippen LogP contribution is 2.39. The summed E-state index contributed by atoms with van der Waals surface area (Å²) in [6, 6.07) is 72.6. The van der Waals surface area contributed by atoms with Crippen molar-refractivity contribution in [1.29, 1.82) is 0 Å². The van der Waals surface area contributed by atoms with Crippen LogP contribution in [-0.4, -0.2) is 24.3 Å². The number of hydrogen-bond acceptors (Lipinski definition) is 5. The first kappa shape index (κ1) is 36.5. The summed E-state index contributed by atoms with van der Waals surface area (Å²) in [5, 5.41) is 11.5. The van der Waals surface area contributed by atoms with Gasteiger partial charge in [0.1, 0.15) is 16.8 Å². The van der Waals surface area contributed by atoms with E-state index in [4.69, 9.17) is 24.4 Å². The molecule has 6 nitrogen and oxygen atoms in total. The van der Waals surface area contributed by atoms with E-state index in [9.17, 15) is 0 Å². The maximum atomic E-state index is 6.13. The molecule has 0 saturated heterocycles. The number of pyridine rings is 1. The first-order chi connectivity index (χ1) is 32.6. The van der Waals surface area contributed by atoms with Crippen LogP contribution in [0.5, 0.6) is 0 Å². The zero-order chi connectivity index (χ0) is 43.3. The van der Waals surface area contributed by atoms with Crippen molar-refractivity contribution in [3.8, 4) is 56.4 Å². The van der Waals surface area contributed by atoms with Crippen LogP contribution in [0.15, 0.2) is 217 Å². The van der Waals surface area contributed by atoms with Gasteiger partial charge in [0.2, 0.25) is 0 Å². The van der Waals surface area contributed by atoms with Crippen molar-refractivity contribution in [2.75, 3.05) is 0 Å². The molecule has 10 aromatic carbocycles. The minimum atomic E-state index is 0.626. The molecular weight excluding hydrogens is 807 g/mol. The van der Waals surface area contributed by atoms with Crippen molar-refractivity contribution in [2.24, 2.45) is 0 Å². The van der Waals surface area contributed by atoms with Gasteiger partial charge in [0.05, 0.1) is 11.0 Å². The molecule has 0 radical (unpaired) electrons. The molecule has 4 aromatic heterocycles. The molecule has 66 heavy (non-hydrogen) atoms. The van der Waals surface area contributed by atoms with E-state index in [2.05, 4.69) is 205 Å². The van der Waals surface area contributed by atoms with Gasteiger partial charge in [-0.1, -0.05) is 158 Å². The third-order valence-electron chi connectivity index (χ3n) is 13.2. The second-order valence-electron chi connectivity index (χ2n) is 17.1. The summed E-state index contributed by atoms with van der Waals surface area (Å²) in [5.74, 6) is 1.90. The van der Waals surface area contributed by atoms with Crippen LogP contribution < -0.4 is 0 Å². The number of furan rings is 1. The second kappa shape index (κ2) is 14.3. The van der Waals surface area contributed by atoms with E-state index in [0.717, 1.165) is 99.1 Å². The Kier molecular flexibility index (Phi) is 7.88. The quantitative estimate of drug-likeness (QED) is 0.161. The molecule has 0 fully saturated rings. The zero-order valence-electron chi connectivity index (χ0n) is 35.4. The molecule has 306 valence electrons. The lowest BCUT2D eigenvalue weighted by Gasteiger charge is -2.11. The van der Waals surface area contributed by atoms with E-state index < -0.39 is 0 Å². The summed E-state index contributed by atoms with van der Waals surface area (Å²) in [4.78, 5) is 20.6. The van der Waals surface area contributed by atoms with Crippen LogP contribution in [0, 0.1) is 0 Å². The Morgan fingerprint density at radius 1 is 0.303 bits per heavy atom. The predicted octanol–water partition coefficient (Wildman–Crippen LogP) is 15.5. The topological polar surface area (TPSA) is 69.1 Å². The lowest BCUT2D eigenvalue weighted by atomic mass is 9.95. The monoisotopic (exact) mass is 841 g/mol. The Morgan fingerprint density at radius 3 is 1.55 bits per heavy atom. The predicted molar refractivity (Wildman–Crippen MR) is 271 cm³/mol. The van der Waals surface area contributed by atoms with Gasteiger partial charge < -0.3 is 4.42 Å². The van der Waals surface area contributed by atoms with Crippen molar-refractivity contribution in [1.82, 2.24) is 24.3 Å². The van der Waals surface area contributed by atoms with Crippen molar-refractivity contribution in [2.45, 2.75) is 0 Å². The van der Waals surface area contributed by atoms with Gasteiger partial charge in [-0.15, -0.1) is 0 Å². The smallest absolute Gasteiger partial charge is 0.164 e. The summed E-state index contributed by atoms with van der Waals surface area (Å²) in [7, 11) is 0. The number of fused-ring (bicyclic) bond motifs is 13. The summed E-state index contributed by atoms with van der Waals surface area (Å²) in [6.45, 7) is 0. The Morgan fingerprint density at radius 2 is 0.818 bits per heavy atom. The summed E-state index contributed by atoms with van der Waals surface area (Å²) in [5.41, 5.74) is 12.1. The molecule has 0 aliphatic rings. The van der Waals surface area contributed by atoms with E-state index in [1.54, 1.807) is 0 Å². The average Bonchev–Trinajstić information content (AvgIpc) is 3.97. The van der Waals surface area contributed by atoms with Gasteiger partial charge in [-0.2, -0.15) is 0 Å². The van der Waals surface area contributed by atoms with Gasteiger partial charge in [0, 0.05) is 44.4 Å². The lowest BCUT2D eigenvalue weighted by molar-refractivity contribution is 0.669. The maximum Gasteiger partial charge on any atom is 0.164 e. The van der Waals surface area contributed by atoms with E-state index >= 15 is 0 Å². The van der Waals surface area contributed by atoms with E-state index in [0.29, 0.717) is 17.5 Å². The minimum Gasteiger partial charge on any atom is -0.456 e. The molecule has 6 heteroatoms. The van der Waals surface area contributed by atoms with Gasteiger partial charge in [-0.25, -0.2) is 19.9 Å².